The largest absolute Gasteiger partial charge is 0.353 e. The van der Waals surface area contributed by atoms with Crippen LogP contribution in [0, 0.1) is 5.82 Å². The Bertz CT molecular complexity index is 798. The summed E-state index contributed by atoms with van der Waals surface area (Å²) in [5.74, 6) is -0.559. The van der Waals surface area contributed by atoms with E-state index in [0.717, 1.165) is 37.7 Å². The van der Waals surface area contributed by atoms with E-state index in [1.54, 1.807) is 0 Å². The lowest BCUT2D eigenvalue weighted by Crippen LogP contribution is -2.37. The number of aromatic nitrogens is 1. The first kappa shape index (κ1) is 17.1. The third-order valence-electron chi connectivity index (χ3n) is 4.48. The summed E-state index contributed by atoms with van der Waals surface area (Å²) in [5, 5.41) is 0. The fourth-order valence-corrected chi connectivity index (χ4v) is 4.27. The Morgan fingerprint density at radius 2 is 1.96 bits per heavy atom. The maximum atomic E-state index is 13.3. The van der Waals surface area contributed by atoms with Crippen LogP contribution >= 0.6 is 0 Å². The highest BCUT2D eigenvalue weighted by molar-refractivity contribution is 7.89. The molecule has 1 N–H and O–H groups in total. The van der Waals surface area contributed by atoms with E-state index >= 15 is 0 Å². The summed E-state index contributed by atoms with van der Waals surface area (Å²) in [7, 11) is -1.78. The van der Waals surface area contributed by atoms with Gasteiger partial charge in [-0.1, -0.05) is 6.07 Å². The highest BCUT2D eigenvalue weighted by Crippen LogP contribution is 2.25. The zero-order valence-corrected chi connectivity index (χ0v) is 14.5. The van der Waals surface area contributed by atoms with Crippen LogP contribution in [-0.2, 0) is 17.1 Å². The predicted octanol–water partition coefficient (Wildman–Crippen LogP) is 2.28. The molecule has 0 amide bonds. The quantitative estimate of drug-likeness (QED) is 0.869. The topological polar surface area (TPSA) is 54.3 Å². The van der Waals surface area contributed by atoms with Gasteiger partial charge >= 0.3 is 0 Å². The maximum Gasteiger partial charge on any atom is 0.240 e. The van der Waals surface area contributed by atoms with Crippen molar-refractivity contribution in [2.75, 3.05) is 19.6 Å². The lowest BCUT2D eigenvalue weighted by Gasteiger charge is -2.28. The van der Waals surface area contributed by atoms with E-state index in [1.165, 1.54) is 18.2 Å². The van der Waals surface area contributed by atoms with E-state index in [0.29, 0.717) is 0 Å². The molecule has 1 aliphatic rings. The molecule has 7 heteroatoms. The highest BCUT2D eigenvalue weighted by atomic mass is 32.2. The molecule has 130 valence electrons. The number of likely N-dealkylation sites (tertiary alicyclic amines) is 1. The molecule has 1 atom stereocenters. The Morgan fingerprint density at radius 1 is 1.21 bits per heavy atom. The molecule has 0 radical (unpaired) electrons. The summed E-state index contributed by atoms with van der Waals surface area (Å²) >= 11 is 0. The van der Waals surface area contributed by atoms with E-state index in [4.69, 9.17) is 0 Å². The first-order valence-electron chi connectivity index (χ1n) is 8.08. The number of nitrogens with zero attached hydrogens (tertiary/aromatic N) is 2. The molecule has 2 heterocycles. The van der Waals surface area contributed by atoms with Crippen molar-refractivity contribution in [3.8, 4) is 0 Å². The van der Waals surface area contributed by atoms with Crippen LogP contribution < -0.4 is 4.72 Å². The van der Waals surface area contributed by atoms with Gasteiger partial charge in [-0.2, -0.15) is 0 Å². The second kappa shape index (κ2) is 7.04. The summed E-state index contributed by atoms with van der Waals surface area (Å²) < 4.78 is 42.9. The van der Waals surface area contributed by atoms with Gasteiger partial charge in [-0.05, 0) is 56.3 Å². The molecule has 0 aliphatic carbocycles. The zero-order chi connectivity index (χ0) is 17.2. The van der Waals surface area contributed by atoms with Gasteiger partial charge in [0.15, 0.2) is 0 Å². The van der Waals surface area contributed by atoms with E-state index < -0.39 is 15.8 Å². The molecule has 3 rings (SSSR count). The van der Waals surface area contributed by atoms with Crippen molar-refractivity contribution in [3.05, 3.63) is 54.1 Å². The molecule has 5 nitrogen and oxygen atoms in total. The van der Waals surface area contributed by atoms with Gasteiger partial charge in [0.1, 0.15) is 5.82 Å². The van der Waals surface area contributed by atoms with Crippen molar-refractivity contribution in [1.82, 2.24) is 14.2 Å². The number of halogens is 1. The van der Waals surface area contributed by atoms with Crippen LogP contribution in [0.15, 0.2) is 47.5 Å². The van der Waals surface area contributed by atoms with E-state index in [1.807, 2.05) is 29.9 Å². The van der Waals surface area contributed by atoms with Crippen molar-refractivity contribution in [2.24, 2.45) is 7.05 Å². The van der Waals surface area contributed by atoms with Crippen molar-refractivity contribution in [1.29, 1.82) is 0 Å². The number of rotatable bonds is 6. The maximum absolute atomic E-state index is 13.3. The van der Waals surface area contributed by atoms with Crippen LogP contribution in [0.4, 0.5) is 4.39 Å². The number of sulfonamides is 1. The Balaban J connectivity index is 1.79. The number of benzene rings is 1. The van der Waals surface area contributed by atoms with Crippen molar-refractivity contribution < 1.29 is 12.8 Å². The third-order valence-corrected chi connectivity index (χ3v) is 5.90. The first-order valence-corrected chi connectivity index (χ1v) is 9.56. The number of hydrogen-bond acceptors (Lipinski definition) is 3. The van der Waals surface area contributed by atoms with Gasteiger partial charge in [0, 0.05) is 25.5 Å². The van der Waals surface area contributed by atoms with E-state index in [-0.39, 0.29) is 17.5 Å². The molecule has 0 bridgehead atoms. The molecule has 1 fully saturated rings. The summed E-state index contributed by atoms with van der Waals surface area (Å²) in [6, 6.07) is 9.01. The molecule has 24 heavy (non-hydrogen) atoms. The average molecular weight is 351 g/mol. The van der Waals surface area contributed by atoms with Gasteiger partial charge in [0.05, 0.1) is 10.9 Å². The minimum Gasteiger partial charge on any atom is -0.353 e. The lowest BCUT2D eigenvalue weighted by molar-refractivity contribution is 0.238. The van der Waals surface area contributed by atoms with Gasteiger partial charge in [0.2, 0.25) is 10.0 Å². The second-order valence-electron chi connectivity index (χ2n) is 6.11. The Morgan fingerprint density at radius 3 is 2.58 bits per heavy atom. The van der Waals surface area contributed by atoms with Gasteiger partial charge in [0.25, 0.3) is 0 Å². The molecule has 1 aliphatic heterocycles. The standard InChI is InChI=1S/C17H22FN3O2S/c1-20-9-5-8-16(20)17(21-10-2-3-11-21)13-19-24(22,23)15-7-4-6-14(18)12-15/h4-9,12,17,19H,2-3,10-11,13H2,1H3/t17-/m0/s1. The molecule has 0 unspecified atom stereocenters. The van der Waals surface area contributed by atoms with Crippen LogP contribution in [0.2, 0.25) is 0 Å². The van der Waals surface area contributed by atoms with E-state index in [9.17, 15) is 12.8 Å². The molecule has 1 aromatic heterocycles. The first-order chi connectivity index (χ1) is 11.5. The Hall–Kier alpha value is -1.70. The monoisotopic (exact) mass is 351 g/mol. The van der Waals surface area contributed by atoms with Crippen molar-refractivity contribution in [3.63, 3.8) is 0 Å². The van der Waals surface area contributed by atoms with Gasteiger partial charge in [-0.3, -0.25) is 4.90 Å². The van der Waals surface area contributed by atoms with Gasteiger partial charge in [-0.15, -0.1) is 0 Å². The van der Waals surface area contributed by atoms with Crippen LogP contribution in [0.25, 0.3) is 0 Å². The summed E-state index contributed by atoms with van der Waals surface area (Å²) in [6.45, 7) is 2.17. The fourth-order valence-electron chi connectivity index (χ4n) is 3.20. The van der Waals surface area contributed by atoms with Gasteiger partial charge < -0.3 is 4.57 Å². The van der Waals surface area contributed by atoms with Crippen LogP contribution in [-0.4, -0.2) is 37.5 Å². The molecule has 0 saturated carbocycles. The second-order valence-corrected chi connectivity index (χ2v) is 7.88. The molecule has 0 spiro atoms. The normalized spacial score (nSPS) is 17.2. The summed E-state index contributed by atoms with van der Waals surface area (Å²) in [6.07, 6.45) is 4.20. The van der Waals surface area contributed by atoms with Crippen molar-refractivity contribution in [2.45, 2.75) is 23.8 Å². The number of aryl methyl sites for hydroxylation is 1. The lowest BCUT2D eigenvalue weighted by atomic mass is 10.2. The predicted molar refractivity (Wildman–Crippen MR) is 90.5 cm³/mol. The average Bonchev–Trinajstić information content (AvgIpc) is 3.20. The minimum atomic E-state index is -3.74. The number of nitrogens with one attached hydrogen (secondary N) is 1. The molecular formula is C17H22FN3O2S. The Kier molecular flexibility index (Phi) is 5.03. The smallest absolute Gasteiger partial charge is 0.240 e. The summed E-state index contributed by atoms with van der Waals surface area (Å²) in [4.78, 5) is 2.25. The molecule has 2 aromatic rings. The van der Waals surface area contributed by atoms with Crippen LogP contribution in [0.3, 0.4) is 0 Å². The molecular weight excluding hydrogens is 329 g/mol. The highest BCUT2D eigenvalue weighted by Gasteiger charge is 2.27. The molecule has 1 saturated heterocycles. The SMILES string of the molecule is Cn1cccc1[C@H](CNS(=O)(=O)c1cccc(F)c1)N1CCCC1. The minimum absolute atomic E-state index is 0.0316. The van der Waals surface area contributed by atoms with Crippen LogP contribution in [0.5, 0.6) is 0 Å². The zero-order valence-electron chi connectivity index (χ0n) is 13.7. The summed E-state index contributed by atoms with van der Waals surface area (Å²) in [5.41, 5.74) is 1.07. The van der Waals surface area contributed by atoms with Crippen LogP contribution in [0.1, 0.15) is 24.6 Å². The number of hydrogen-bond donors (Lipinski definition) is 1. The van der Waals surface area contributed by atoms with E-state index in [2.05, 4.69) is 9.62 Å². The van der Waals surface area contributed by atoms with Gasteiger partial charge in [-0.25, -0.2) is 17.5 Å². The third kappa shape index (κ3) is 3.68. The van der Waals surface area contributed by atoms with Crippen molar-refractivity contribution >= 4 is 10.0 Å². The fraction of sp³-hybridized carbons (Fsp3) is 0.412. The molecule has 1 aromatic carbocycles. The Labute approximate surface area is 142 Å².